The lowest BCUT2D eigenvalue weighted by atomic mass is 10.0. The van der Waals surface area contributed by atoms with Gasteiger partial charge in [-0.05, 0) is 57.8 Å². The third-order valence-corrected chi connectivity index (χ3v) is 10.3. The molecular weight excluding hydrogens is 709 g/mol. The minimum atomic E-state index is -0.776. The number of hydrogen-bond donors (Lipinski definition) is 0. The predicted molar refractivity (Wildman–Crippen MR) is 242 cm³/mol. The fourth-order valence-electron chi connectivity index (χ4n) is 6.73. The Morgan fingerprint density at radius 1 is 0.368 bits per heavy atom. The van der Waals surface area contributed by atoms with Gasteiger partial charge in [-0.1, -0.05) is 211 Å². The molecule has 0 fully saturated rings. The number of carbonyl (C=O) groups is 3. The largest absolute Gasteiger partial charge is 0.462 e. The highest BCUT2D eigenvalue weighted by molar-refractivity contribution is 5.71. The fraction of sp³-hybridized carbons (Fsp3) is 0.784. The van der Waals surface area contributed by atoms with Crippen LogP contribution in [-0.4, -0.2) is 37.2 Å². The standard InChI is InChI=1S/C51H90O6/c1-4-7-10-13-16-19-21-23-25-26-27-29-30-32-35-38-41-44-50(53)56-47-48(46-55-49(52)43-40-37-34-18-15-12-9-6-3)57-51(54)45-42-39-36-33-31-28-24-22-20-17-14-11-8-5-2/h7,10,16,19,23,25,27,29,48H,4-6,8-9,11-15,17-18,20-22,24,26,28,30-47H2,1-3H3/b10-7-,19-16-,25-23-,29-27-. The Labute approximate surface area is 352 Å². The molecule has 0 saturated carbocycles. The molecule has 1 atom stereocenters. The molecule has 0 spiro atoms. The summed E-state index contributed by atoms with van der Waals surface area (Å²) in [7, 11) is 0. The number of hydrogen-bond acceptors (Lipinski definition) is 6. The smallest absolute Gasteiger partial charge is 0.306 e. The van der Waals surface area contributed by atoms with E-state index in [1.165, 1.54) is 103 Å². The van der Waals surface area contributed by atoms with Crippen LogP contribution in [0.5, 0.6) is 0 Å². The van der Waals surface area contributed by atoms with Gasteiger partial charge in [0.1, 0.15) is 13.2 Å². The van der Waals surface area contributed by atoms with E-state index < -0.39 is 6.10 Å². The van der Waals surface area contributed by atoms with Crippen molar-refractivity contribution in [3.05, 3.63) is 48.6 Å². The molecular formula is C51H90O6. The molecule has 0 rings (SSSR count). The zero-order valence-electron chi connectivity index (χ0n) is 37.6. The van der Waals surface area contributed by atoms with E-state index in [4.69, 9.17) is 14.2 Å². The molecule has 0 aromatic carbocycles. The van der Waals surface area contributed by atoms with E-state index in [9.17, 15) is 14.4 Å². The number of ether oxygens (including phenoxy) is 3. The van der Waals surface area contributed by atoms with Gasteiger partial charge in [0.15, 0.2) is 6.10 Å². The summed E-state index contributed by atoms with van der Waals surface area (Å²) in [5.41, 5.74) is 0. The Hall–Kier alpha value is -2.63. The third kappa shape index (κ3) is 44.3. The molecule has 6 heteroatoms. The van der Waals surface area contributed by atoms with Crippen molar-refractivity contribution < 1.29 is 28.6 Å². The maximum absolute atomic E-state index is 12.7. The second kappa shape index (κ2) is 46.1. The van der Waals surface area contributed by atoms with Gasteiger partial charge in [0.25, 0.3) is 0 Å². The van der Waals surface area contributed by atoms with E-state index in [1.807, 2.05) is 0 Å². The van der Waals surface area contributed by atoms with E-state index in [0.29, 0.717) is 19.3 Å². The second-order valence-electron chi connectivity index (χ2n) is 16.0. The Kier molecular flexibility index (Phi) is 43.9. The zero-order valence-corrected chi connectivity index (χ0v) is 37.6. The number of allylic oxidation sites excluding steroid dienone is 8. The molecule has 6 nitrogen and oxygen atoms in total. The first-order valence-electron chi connectivity index (χ1n) is 24.1. The summed E-state index contributed by atoms with van der Waals surface area (Å²) in [6, 6.07) is 0. The highest BCUT2D eigenvalue weighted by atomic mass is 16.6. The summed E-state index contributed by atoms with van der Waals surface area (Å²) in [5.74, 6) is -0.903. The van der Waals surface area contributed by atoms with Crippen molar-refractivity contribution >= 4 is 17.9 Å². The Balaban J connectivity index is 4.34. The SMILES string of the molecule is CC/C=C\C/C=C\C/C=C\C/C=C\CCCCCCC(=O)OCC(COC(=O)CCCCCCCCCC)OC(=O)CCCCCCCCCCCCCCCC. The van der Waals surface area contributed by atoms with Crippen molar-refractivity contribution in [3.63, 3.8) is 0 Å². The van der Waals surface area contributed by atoms with Crippen LogP contribution in [0.2, 0.25) is 0 Å². The van der Waals surface area contributed by atoms with Crippen LogP contribution in [0.15, 0.2) is 48.6 Å². The number of esters is 3. The molecule has 0 amide bonds. The molecule has 1 unspecified atom stereocenters. The second-order valence-corrected chi connectivity index (χ2v) is 16.0. The van der Waals surface area contributed by atoms with Gasteiger partial charge in [0.05, 0.1) is 0 Å². The maximum atomic E-state index is 12.7. The van der Waals surface area contributed by atoms with Gasteiger partial charge in [-0.25, -0.2) is 0 Å². The molecule has 0 aliphatic rings. The van der Waals surface area contributed by atoms with Gasteiger partial charge in [-0.2, -0.15) is 0 Å². The summed E-state index contributed by atoms with van der Waals surface area (Å²) in [6.07, 6.45) is 53.8. The van der Waals surface area contributed by atoms with Crippen LogP contribution in [0.4, 0.5) is 0 Å². The molecule has 0 N–H and O–H groups in total. The van der Waals surface area contributed by atoms with Gasteiger partial charge < -0.3 is 14.2 Å². The van der Waals surface area contributed by atoms with Gasteiger partial charge in [-0.3, -0.25) is 14.4 Å². The molecule has 0 radical (unpaired) electrons. The van der Waals surface area contributed by atoms with Crippen molar-refractivity contribution in [2.24, 2.45) is 0 Å². The highest BCUT2D eigenvalue weighted by Gasteiger charge is 2.19. The van der Waals surface area contributed by atoms with Crippen LogP contribution in [0.1, 0.15) is 239 Å². The van der Waals surface area contributed by atoms with Gasteiger partial charge >= 0.3 is 17.9 Å². The maximum Gasteiger partial charge on any atom is 0.306 e. The monoisotopic (exact) mass is 799 g/mol. The fourth-order valence-corrected chi connectivity index (χ4v) is 6.73. The molecule has 0 bridgehead atoms. The van der Waals surface area contributed by atoms with E-state index in [-0.39, 0.29) is 31.1 Å². The van der Waals surface area contributed by atoms with E-state index in [2.05, 4.69) is 69.4 Å². The summed E-state index contributed by atoms with van der Waals surface area (Å²) < 4.78 is 16.7. The van der Waals surface area contributed by atoms with E-state index >= 15 is 0 Å². The quantitative estimate of drug-likeness (QED) is 0.0265. The first kappa shape index (κ1) is 54.4. The van der Waals surface area contributed by atoms with Gasteiger partial charge in [0.2, 0.25) is 0 Å². The number of carbonyl (C=O) groups excluding carboxylic acids is 3. The molecule has 0 aromatic heterocycles. The lowest BCUT2D eigenvalue weighted by Gasteiger charge is -2.18. The van der Waals surface area contributed by atoms with Crippen LogP contribution >= 0.6 is 0 Å². The van der Waals surface area contributed by atoms with E-state index in [1.54, 1.807) is 0 Å². The summed E-state index contributed by atoms with van der Waals surface area (Å²) in [4.78, 5) is 37.7. The Bertz CT molecular complexity index is 1010. The van der Waals surface area contributed by atoms with Crippen LogP contribution < -0.4 is 0 Å². The van der Waals surface area contributed by atoms with Crippen LogP contribution in [-0.2, 0) is 28.6 Å². The lowest BCUT2D eigenvalue weighted by molar-refractivity contribution is -0.167. The highest BCUT2D eigenvalue weighted by Crippen LogP contribution is 2.15. The minimum absolute atomic E-state index is 0.0785. The molecule has 0 aliphatic heterocycles. The van der Waals surface area contributed by atoms with Crippen molar-refractivity contribution in [1.29, 1.82) is 0 Å². The number of unbranched alkanes of at least 4 members (excludes halogenated alkanes) is 24. The first-order valence-corrected chi connectivity index (χ1v) is 24.1. The Morgan fingerprint density at radius 2 is 0.684 bits per heavy atom. The minimum Gasteiger partial charge on any atom is -0.462 e. The van der Waals surface area contributed by atoms with Crippen LogP contribution in [0, 0.1) is 0 Å². The predicted octanol–water partition coefficient (Wildman–Crippen LogP) is 15.5. The lowest BCUT2D eigenvalue weighted by Crippen LogP contribution is -2.30. The molecule has 57 heavy (non-hydrogen) atoms. The van der Waals surface area contributed by atoms with Crippen molar-refractivity contribution in [1.82, 2.24) is 0 Å². The molecule has 0 heterocycles. The average Bonchev–Trinajstić information content (AvgIpc) is 3.21. The van der Waals surface area contributed by atoms with Gasteiger partial charge in [0, 0.05) is 19.3 Å². The van der Waals surface area contributed by atoms with Crippen LogP contribution in [0.25, 0.3) is 0 Å². The summed E-state index contributed by atoms with van der Waals surface area (Å²) in [6.45, 7) is 6.48. The summed E-state index contributed by atoms with van der Waals surface area (Å²) >= 11 is 0. The molecule has 0 aromatic rings. The van der Waals surface area contributed by atoms with Gasteiger partial charge in [-0.15, -0.1) is 0 Å². The van der Waals surface area contributed by atoms with Crippen molar-refractivity contribution in [2.45, 2.75) is 245 Å². The molecule has 330 valence electrons. The average molecular weight is 799 g/mol. The van der Waals surface area contributed by atoms with E-state index in [0.717, 1.165) is 96.3 Å². The number of rotatable bonds is 43. The Morgan fingerprint density at radius 3 is 1.07 bits per heavy atom. The first-order chi connectivity index (χ1) is 28.0. The molecule has 0 aliphatic carbocycles. The zero-order chi connectivity index (χ0) is 41.5. The normalized spacial score (nSPS) is 12.4. The molecule has 0 saturated heterocycles. The van der Waals surface area contributed by atoms with Crippen LogP contribution in [0.3, 0.4) is 0 Å². The topological polar surface area (TPSA) is 78.9 Å². The van der Waals surface area contributed by atoms with Crippen molar-refractivity contribution in [2.75, 3.05) is 13.2 Å². The summed E-state index contributed by atoms with van der Waals surface area (Å²) in [5, 5.41) is 0. The van der Waals surface area contributed by atoms with Crippen molar-refractivity contribution in [3.8, 4) is 0 Å². The third-order valence-electron chi connectivity index (χ3n) is 10.3.